The van der Waals surface area contributed by atoms with Gasteiger partial charge >= 0.3 is 0 Å². The first kappa shape index (κ1) is 17.0. The molecule has 0 saturated carbocycles. The predicted octanol–water partition coefficient (Wildman–Crippen LogP) is 2.12. The molecule has 0 unspecified atom stereocenters. The third kappa shape index (κ3) is 3.17. The van der Waals surface area contributed by atoms with Gasteiger partial charge in [0, 0.05) is 13.1 Å². The maximum Gasteiger partial charge on any atom is 0.261 e. The fourth-order valence-corrected chi connectivity index (χ4v) is 3.87. The van der Waals surface area contributed by atoms with Crippen molar-refractivity contribution >= 4 is 16.8 Å². The Kier molecular flexibility index (Phi) is 4.36. The average molecular weight is 353 g/mol. The molecular weight excluding hydrogens is 330 g/mol. The molecular formula is C20H23N3O3. The van der Waals surface area contributed by atoms with E-state index in [-0.39, 0.29) is 23.6 Å². The van der Waals surface area contributed by atoms with Crippen molar-refractivity contribution in [2.75, 3.05) is 19.7 Å². The smallest absolute Gasteiger partial charge is 0.261 e. The molecule has 0 N–H and O–H groups in total. The van der Waals surface area contributed by atoms with Crippen LogP contribution in [0, 0.1) is 0 Å². The number of hydrogen-bond acceptors (Lipinski definition) is 4. The van der Waals surface area contributed by atoms with Crippen LogP contribution in [0.5, 0.6) is 0 Å². The fourth-order valence-electron chi connectivity index (χ4n) is 3.87. The van der Waals surface area contributed by atoms with Crippen molar-refractivity contribution in [1.82, 2.24) is 14.5 Å². The molecule has 3 heterocycles. The number of ether oxygens (including phenoxy) is 1. The number of amides is 1. The molecule has 1 amide bonds. The highest BCUT2D eigenvalue weighted by Crippen LogP contribution is 2.33. The first-order valence-corrected chi connectivity index (χ1v) is 9.11. The monoisotopic (exact) mass is 353 g/mol. The van der Waals surface area contributed by atoms with Crippen LogP contribution in [0.15, 0.2) is 47.0 Å². The Bertz CT molecular complexity index is 923. The number of rotatable bonds is 2. The highest BCUT2D eigenvalue weighted by Gasteiger charge is 2.36. The van der Waals surface area contributed by atoms with E-state index in [4.69, 9.17) is 4.74 Å². The summed E-state index contributed by atoms with van der Waals surface area (Å²) in [6.07, 6.45) is 6.30. The molecule has 1 aromatic carbocycles. The van der Waals surface area contributed by atoms with Gasteiger partial charge in [0.25, 0.3) is 5.56 Å². The van der Waals surface area contributed by atoms with Crippen LogP contribution in [0.25, 0.3) is 10.9 Å². The van der Waals surface area contributed by atoms with Crippen LogP contribution in [-0.4, -0.2) is 45.7 Å². The topological polar surface area (TPSA) is 64.4 Å². The molecule has 26 heavy (non-hydrogen) atoms. The Morgan fingerprint density at radius 1 is 1.27 bits per heavy atom. The number of aromatic nitrogens is 2. The van der Waals surface area contributed by atoms with Gasteiger partial charge in [-0.1, -0.05) is 23.8 Å². The van der Waals surface area contributed by atoms with Crippen molar-refractivity contribution < 1.29 is 9.53 Å². The lowest BCUT2D eigenvalue weighted by molar-refractivity contribution is -0.136. The minimum atomic E-state index is -0.208. The summed E-state index contributed by atoms with van der Waals surface area (Å²) < 4.78 is 7.41. The van der Waals surface area contributed by atoms with E-state index in [0.29, 0.717) is 24.0 Å². The quantitative estimate of drug-likeness (QED) is 0.776. The van der Waals surface area contributed by atoms with Gasteiger partial charge in [0.15, 0.2) is 0 Å². The van der Waals surface area contributed by atoms with E-state index in [0.717, 1.165) is 25.9 Å². The Morgan fingerprint density at radius 2 is 2.04 bits per heavy atom. The van der Waals surface area contributed by atoms with Crippen LogP contribution < -0.4 is 5.56 Å². The molecule has 6 nitrogen and oxygen atoms in total. The van der Waals surface area contributed by atoms with Crippen LogP contribution >= 0.6 is 0 Å². The number of para-hydroxylation sites is 1. The zero-order valence-electron chi connectivity index (χ0n) is 15.0. The summed E-state index contributed by atoms with van der Waals surface area (Å²) in [6.45, 7) is 4.23. The number of nitrogens with zero attached hydrogens (tertiary/aromatic N) is 3. The second-order valence-electron chi connectivity index (χ2n) is 7.23. The van der Waals surface area contributed by atoms with E-state index in [1.165, 1.54) is 16.5 Å². The summed E-state index contributed by atoms with van der Waals surface area (Å²) in [5.74, 6) is -0.0458. The van der Waals surface area contributed by atoms with Gasteiger partial charge in [0.05, 0.1) is 29.4 Å². The Labute approximate surface area is 152 Å². The zero-order valence-corrected chi connectivity index (χ0v) is 15.0. The predicted molar refractivity (Wildman–Crippen MR) is 98.9 cm³/mol. The largest absolute Gasteiger partial charge is 0.370 e. The van der Waals surface area contributed by atoms with Gasteiger partial charge in [0.1, 0.15) is 6.54 Å². The molecule has 1 saturated heterocycles. The number of likely N-dealkylation sites (tertiary alicyclic amines) is 1. The Hall–Kier alpha value is -2.47. The normalized spacial score (nSPS) is 19.6. The number of piperidine rings is 1. The molecule has 1 aromatic heterocycles. The summed E-state index contributed by atoms with van der Waals surface area (Å²) >= 11 is 0. The van der Waals surface area contributed by atoms with Crippen LogP contribution in [0.3, 0.4) is 0 Å². The van der Waals surface area contributed by atoms with Crippen molar-refractivity contribution in [3.05, 3.63) is 52.6 Å². The van der Waals surface area contributed by atoms with E-state index in [1.54, 1.807) is 18.2 Å². The lowest BCUT2D eigenvalue weighted by atomic mass is 9.87. The summed E-state index contributed by atoms with van der Waals surface area (Å²) in [6, 6.07) is 7.19. The number of fused-ring (bicyclic) bond motifs is 1. The van der Waals surface area contributed by atoms with E-state index in [1.807, 2.05) is 11.0 Å². The summed E-state index contributed by atoms with van der Waals surface area (Å²) in [5.41, 5.74) is 1.63. The Balaban J connectivity index is 1.46. The average Bonchev–Trinajstić information content (AvgIpc) is 2.65. The fraction of sp³-hybridized carbons (Fsp3) is 0.450. The molecule has 0 atom stereocenters. The first-order chi connectivity index (χ1) is 12.6. The van der Waals surface area contributed by atoms with Gasteiger partial charge < -0.3 is 9.64 Å². The molecule has 2 aromatic rings. The molecule has 4 rings (SSSR count). The molecule has 1 fully saturated rings. The van der Waals surface area contributed by atoms with E-state index >= 15 is 0 Å². The number of carbonyl (C=O) groups is 1. The highest BCUT2D eigenvalue weighted by molar-refractivity contribution is 5.79. The third-order valence-corrected chi connectivity index (χ3v) is 5.39. The van der Waals surface area contributed by atoms with Crippen LogP contribution in [0.2, 0.25) is 0 Å². The molecule has 2 aliphatic rings. The standard InChI is InChI=1S/C20H23N3O3/c1-15-6-11-26-20(12-15)7-9-22(10-8-20)18(24)13-23-14-21-17-5-3-2-4-16(17)19(23)25/h2-5,12,14H,6-11,13H2,1H3. The van der Waals surface area contributed by atoms with Gasteiger partial charge in [-0.15, -0.1) is 0 Å². The van der Waals surface area contributed by atoms with Gasteiger partial charge in [0.2, 0.25) is 5.91 Å². The second-order valence-corrected chi connectivity index (χ2v) is 7.23. The maximum atomic E-state index is 12.7. The summed E-state index contributed by atoms with van der Waals surface area (Å²) in [4.78, 5) is 31.3. The molecule has 0 bridgehead atoms. The van der Waals surface area contributed by atoms with Crippen LogP contribution in [0.4, 0.5) is 0 Å². The summed E-state index contributed by atoms with van der Waals surface area (Å²) in [7, 11) is 0. The van der Waals surface area contributed by atoms with Crippen LogP contribution in [0.1, 0.15) is 26.2 Å². The van der Waals surface area contributed by atoms with E-state index in [2.05, 4.69) is 18.0 Å². The molecule has 1 spiro atoms. The highest BCUT2D eigenvalue weighted by atomic mass is 16.5. The zero-order chi connectivity index (χ0) is 18.1. The molecule has 0 aliphatic carbocycles. The molecule has 2 aliphatic heterocycles. The number of carbonyl (C=O) groups excluding carboxylic acids is 1. The number of hydrogen-bond donors (Lipinski definition) is 0. The first-order valence-electron chi connectivity index (χ1n) is 9.11. The Morgan fingerprint density at radius 3 is 2.81 bits per heavy atom. The van der Waals surface area contributed by atoms with Gasteiger partial charge in [-0.25, -0.2) is 4.98 Å². The van der Waals surface area contributed by atoms with Crippen molar-refractivity contribution in [1.29, 1.82) is 0 Å². The minimum Gasteiger partial charge on any atom is -0.370 e. The minimum absolute atomic E-state index is 0.0272. The molecule has 6 heteroatoms. The van der Waals surface area contributed by atoms with Crippen molar-refractivity contribution in [2.45, 2.75) is 38.3 Å². The van der Waals surface area contributed by atoms with Gasteiger partial charge in [-0.2, -0.15) is 0 Å². The van der Waals surface area contributed by atoms with Crippen molar-refractivity contribution in [3.63, 3.8) is 0 Å². The molecule has 0 radical (unpaired) electrons. The maximum absolute atomic E-state index is 12.7. The van der Waals surface area contributed by atoms with Gasteiger partial charge in [-0.3, -0.25) is 14.2 Å². The van der Waals surface area contributed by atoms with Gasteiger partial charge in [-0.05, 0) is 38.3 Å². The summed E-state index contributed by atoms with van der Waals surface area (Å²) in [5, 5.41) is 0.539. The number of benzene rings is 1. The second kappa shape index (κ2) is 6.68. The lowest BCUT2D eigenvalue weighted by Gasteiger charge is -2.42. The SMILES string of the molecule is CC1=CC2(CCN(C(=O)Cn3cnc4ccccc4c3=O)CC2)OCC1. The van der Waals surface area contributed by atoms with Crippen molar-refractivity contribution in [2.24, 2.45) is 0 Å². The molecule has 136 valence electrons. The van der Waals surface area contributed by atoms with Crippen LogP contribution in [-0.2, 0) is 16.1 Å². The van der Waals surface area contributed by atoms with Crippen molar-refractivity contribution in [3.8, 4) is 0 Å². The lowest BCUT2D eigenvalue weighted by Crippen LogP contribution is -2.49. The van der Waals surface area contributed by atoms with E-state index in [9.17, 15) is 9.59 Å². The third-order valence-electron chi connectivity index (χ3n) is 5.39. The van der Waals surface area contributed by atoms with E-state index < -0.39 is 0 Å².